The Labute approximate surface area is 144 Å². The van der Waals surface area contributed by atoms with E-state index in [-0.39, 0.29) is 11.7 Å². The van der Waals surface area contributed by atoms with Gasteiger partial charge >= 0.3 is 0 Å². The Kier molecular flexibility index (Phi) is 3.87. The van der Waals surface area contributed by atoms with E-state index in [0.29, 0.717) is 48.7 Å². The van der Waals surface area contributed by atoms with Crippen LogP contribution < -0.4 is 4.90 Å². The predicted octanol–water partition coefficient (Wildman–Crippen LogP) is 3.24. The number of pyridine rings is 1. The van der Waals surface area contributed by atoms with E-state index in [1.165, 1.54) is 6.07 Å². The number of nitrogens with zero attached hydrogens (tertiary/aromatic N) is 3. The zero-order valence-corrected chi connectivity index (χ0v) is 13.9. The van der Waals surface area contributed by atoms with Gasteiger partial charge in [-0.15, -0.1) is 0 Å². The van der Waals surface area contributed by atoms with E-state index < -0.39 is 0 Å². The zero-order chi connectivity index (χ0) is 17.4. The molecule has 0 bridgehead atoms. The normalized spacial score (nSPS) is 15.0. The fraction of sp³-hybridized carbons (Fsp3) is 0.263. The van der Waals surface area contributed by atoms with Crippen molar-refractivity contribution >= 4 is 22.7 Å². The lowest BCUT2D eigenvalue weighted by atomic mass is 10.2. The molecular weight excluding hydrogens is 321 g/mol. The van der Waals surface area contributed by atoms with Crippen LogP contribution in [-0.4, -0.2) is 42.0 Å². The molecule has 1 aliphatic heterocycles. The van der Waals surface area contributed by atoms with Gasteiger partial charge in [-0.05, 0) is 31.2 Å². The summed E-state index contributed by atoms with van der Waals surface area (Å²) in [5.74, 6) is -0.0858. The van der Waals surface area contributed by atoms with Gasteiger partial charge in [0.05, 0.1) is 5.69 Å². The van der Waals surface area contributed by atoms with Gasteiger partial charge in [-0.2, -0.15) is 0 Å². The molecule has 0 spiro atoms. The zero-order valence-electron chi connectivity index (χ0n) is 13.9. The van der Waals surface area contributed by atoms with E-state index in [0.717, 1.165) is 5.69 Å². The van der Waals surface area contributed by atoms with E-state index in [1.54, 1.807) is 23.1 Å². The standard InChI is InChI=1S/C19H18FN3O2/c1-13-6-7-17-15(21-13)12-18(25-17)19(24)23-10-8-22(9-11-23)16-5-3-2-4-14(16)20/h2-7,12H,8-11H2,1H3. The fourth-order valence-corrected chi connectivity index (χ4v) is 3.15. The van der Waals surface area contributed by atoms with E-state index in [2.05, 4.69) is 4.98 Å². The maximum atomic E-state index is 13.9. The number of piperazine rings is 1. The number of halogens is 1. The van der Waals surface area contributed by atoms with Crippen molar-refractivity contribution in [2.45, 2.75) is 6.92 Å². The van der Waals surface area contributed by atoms with Crippen LogP contribution in [0.2, 0.25) is 0 Å². The highest BCUT2D eigenvalue weighted by atomic mass is 19.1. The number of benzene rings is 1. The van der Waals surface area contributed by atoms with Crippen molar-refractivity contribution in [2.24, 2.45) is 0 Å². The number of carbonyl (C=O) groups is 1. The molecule has 128 valence electrons. The predicted molar refractivity (Wildman–Crippen MR) is 93.3 cm³/mol. The number of aryl methyl sites for hydroxylation is 1. The summed E-state index contributed by atoms with van der Waals surface area (Å²) in [6, 6.07) is 12.1. The van der Waals surface area contributed by atoms with Gasteiger partial charge in [0, 0.05) is 37.9 Å². The van der Waals surface area contributed by atoms with Crippen molar-refractivity contribution in [3.63, 3.8) is 0 Å². The third-order valence-corrected chi connectivity index (χ3v) is 4.48. The van der Waals surface area contributed by atoms with Gasteiger partial charge in [-0.1, -0.05) is 12.1 Å². The topological polar surface area (TPSA) is 49.6 Å². The van der Waals surface area contributed by atoms with Crippen LogP contribution in [0, 0.1) is 12.7 Å². The van der Waals surface area contributed by atoms with Gasteiger partial charge in [-0.25, -0.2) is 9.37 Å². The first kappa shape index (κ1) is 15.6. The molecule has 1 fully saturated rings. The van der Waals surface area contributed by atoms with E-state index in [1.807, 2.05) is 30.0 Å². The molecule has 25 heavy (non-hydrogen) atoms. The Morgan fingerprint density at radius 3 is 2.64 bits per heavy atom. The number of aromatic nitrogens is 1. The Morgan fingerprint density at radius 1 is 1.12 bits per heavy atom. The van der Waals surface area contributed by atoms with Crippen molar-refractivity contribution < 1.29 is 13.6 Å². The highest BCUT2D eigenvalue weighted by Gasteiger charge is 2.25. The summed E-state index contributed by atoms with van der Waals surface area (Å²) in [6.45, 7) is 4.12. The van der Waals surface area contributed by atoms with Gasteiger partial charge in [0.2, 0.25) is 0 Å². The van der Waals surface area contributed by atoms with Crippen LogP contribution in [-0.2, 0) is 0 Å². The van der Waals surface area contributed by atoms with Gasteiger partial charge < -0.3 is 14.2 Å². The summed E-state index contributed by atoms with van der Waals surface area (Å²) < 4.78 is 19.5. The monoisotopic (exact) mass is 339 g/mol. The molecule has 0 saturated carbocycles. The van der Waals surface area contributed by atoms with Gasteiger partial charge in [0.1, 0.15) is 11.3 Å². The van der Waals surface area contributed by atoms with Gasteiger partial charge in [0.15, 0.2) is 11.3 Å². The second-order valence-electron chi connectivity index (χ2n) is 6.18. The third-order valence-electron chi connectivity index (χ3n) is 4.48. The quantitative estimate of drug-likeness (QED) is 0.719. The van der Waals surface area contributed by atoms with Crippen molar-refractivity contribution in [2.75, 3.05) is 31.1 Å². The first-order chi connectivity index (χ1) is 12.1. The Hall–Kier alpha value is -2.89. The van der Waals surface area contributed by atoms with Crippen LogP contribution in [0.25, 0.3) is 11.1 Å². The lowest BCUT2D eigenvalue weighted by Gasteiger charge is -2.35. The van der Waals surface area contributed by atoms with Crippen molar-refractivity contribution in [3.8, 4) is 0 Å². The highest BCUT2D eigenvalue weighted by molar-refractivity contribution is 5.95. The number of furan rings is 1. The Morgan fingerprint density at radius 2 is 1.88 bits per heavy atom. The van der Waals surface area contributed by atoms with E-state index in [9.17, 15) is 9.18 Å². The molecule has 0 atom stereocenters. The molecule has 5 nitrogen and oxygen atoms in total. The average molecular weight is 339 g/mol. The lowest BCUT2D eigenvalue weighted by Crippen LogP contribution is -2.49. The molecule has 0 unspecified atom stereocenters. The molecule has 2 aromatic heterocycles. The summed E-state index contributed by atoms with van der Waals surface area (Å²) in [4.78, 5) is 20.7. The maximum absolute atomic E-state index is 13.9. The molecule has 0 radical (unpaired) electrons. The number of fused-ring (bicyclic) bond motifs is 1. The second kappa shape index (κ2) is 6.20. The largest absolute Gasteiger partial charge is 0.449 e. The number of rotatable bonds is 2. The third kappa shape index (κ3) is 2.95. The molecule has 0 N–H and O–H groups in total. The van der Waals surface area contributed by atoms with Crippen LogP contribution >= 0.6 is 0 Å². The summed E-state index contributed by atoms with van der Waals surface area (Å²) in [7, 11) is 0. The Bertz CT molecular complexity index is 929. The number of carbonyl (C=O) groups excluding carboxylic acids is 1. The molecule has 1 amide bonds. The minimum atomic E-state index is -0.235. The minimum absolute atomic E-state index is 0.149. The van der Waals surface area contributed by atoms with Crippen LogP contribution in [0.3, 0.4) is 0 Å². The Balaban J connectivity index is 1.48. The second-order valence-corrected chi connectivity index (χ2v) is 6.18. The number of hydrogen-bond donors (Lipinski definition) is 0. The van der Waals surface area contributed by atoms with Gasteiger partial charge in [-0.3, -0.25) is 4.79 Å². The number of amides is 1. The SMILES string of the molecule is Cc1ccc2oc(C(=O)N3CCN(c4ccccc4F)CC3)cc2n1. The van der Waals surface area contributed by atoms with Crippen LogP contribution in [0.5, 0.6) is 0 Å². The maximum Gasteiger partial charge on any atom is 0.289 e. The van der Waals surface area contributed by atoms with E-state index in [4.69, 9.17) is 4.42 Å². The minimum Gasteiger partial charge on any atom is -0.449 e. The molecular formula is C19H18FN3O2. The molecule has 1 aromatic carbocycles. The lowest BCUT2D eigenvalue weighted by molar-refractivity contribution is 0.0717. The van der Waals surface area contributed by atoms with Crippen LogP contribution in [0.1, 0.15) is 16.2 Å². The summed E-state index contributed by atoms with van der Waals surface area (Å²) >= 11 is 0. The van der Waals surface area contributed by atoms with Crippen molar-refractivity contribution in [1.29, 1.82) is 0 Å². The molecule has 0 aliphatic carbocycles. The molecule has 1 saturated heterocycles. The first-order valence-corrected chi connectivity index (χ1v) is 8.28. The molecule has 4 rings (SSSR count). The smallest absolute Gasteiger partial charge is 0.289 e. The van der Waals surface area contributed by atoms with Crippen LogP contribution in [0.4, 0.5) is 10.1 Å². The average Bonchev–Trinajstić information content (AvgIpc) is 3.05. The first-order valence-electron chi connectivity index (χ1n) is 8.28. The number of hydrogen-bond acceptors (Lipinski definition) is 4. The van der Waals surface area contributed by atoms with E-state index >= 15 is 0 Å². The summed E-state index contributed by atoms with van der Waals surface area (Å²) in [5, 5.41) is 0. The summed E-state index contributed by atoms with van der Waals surface area (Å²) in [6.07, 6.45) is 0. The van der Waals surface area contributed by atoms with Crippen molar-refractivity contribution in [1.82, 2.24) is 9.88 Å². The fourth-order valence-electron chi connectivity index (χ4n) is 3.15. The highest BCUT2D eigenvalue weighted by Crippen LogP contribution is 2.22. The molecule has 3 heterocycles. The van der Waals surface area contributed by atoms with Gasteiger partial charge in [0.25, 0.3) is 5.91 Å². The van der Waals surface area contributed by atoms with Crippen molar-refractivity contribution in [3.05, 3.63) is 59.7 Å². The molecule has 6 heteroatoms. The molecule has 3 aromatic rings. The number of para-hydroxylation sites is 1. The van der Waals surface area contributed by atoms with Crippen LogP contribution in [0.15, 0.2) is 46.9 Å². The molecule has 1 aliphatic rings. The number of anilines is 1. The summed E-state index contributed by atoms with van der Waals surface area (Å²) in [5.41, 5.74) is 2.76.